The quantitative estimate of drug-likeness (QED) is 0.900. The van der Waals surface area contributed by atoms with Crippen LogP contribution in [0.4, 0.5) is 0 Å². The summed E-state index contributed by atoms with van der Waals surface area (Å²) < 4.78 is 28.1. The molecule has 0 atom stereocenters. The minimum Gasteiger partial charge on any atom is -0.430 e. The van der Waals surface area contributed by atoms with Crippen LogP contribution < -0.4 is 10.1 Å². The van der Waals surface area contributed by atoms with Crippen molar-refractivity contribution in [3.63, 3.8) is 0 Å². The summed E-state index contributed by atoms with van der Waals surface area (Å²) >= 11 is 1.34. The predicted molar refractivity (Wildman–Crippen MR) is 72.3 cm³/mol. The van der Waals surface area contributed by atoms with E-state index in [0.717, 1.165) is 11.3 Å². The Morgan fingerprint density at radius 1 is 1.26 bits per heavy atom. The molecule has 0 saturated carbocycles. The molecule has 0 unspecified atom stereocenters. The van der Waals surface area contributed by atoms with Gasteiger partial charge in [0.25, 0.3) is 5.19 Å². The Bertz CT molecular complexity index is 650. The van der Waals surface area contributed by atoms with Crippen molar-refractivity contribution in [2.75, 3.05) is 13.3 Å². The molecule has 0 radical (unpaired) electrons. The summed E-state index contributed by atoms with van der Waals surface area (Å²) in [5.74, 6) is 0.527. The lowest BCUT2D eigenvalue weighted by molar-refractivity contribution is 0.472. The van der Waals surface area contributed by atoms with Crippen LogP contribution in [0.25, 0.3) is 0 Å². The van der Waals surface area contributed by atoms with Crippen LogP contribution in [0.3, 0.4) is 0 Å². The highest BCUT2D eigenvalue weighted by Gasteiger charge is 2.08. The van der Waals surface area contributed by atoms with Crippen molar-refractivity contribution in [3.05, 3.63) is 29.3 Å². The van der Waals surface area contributed by atoms with E-state index in [9.17, 15) is 8.42 Å². The van der Waals surface area contributed by atoms with Crippen molar-refractivity contribution in [2.45, 2.75) is 11.4 Å². The van der Waals surface area contributed by atoms with Crippen LogP contribution in [0.15, 0.2) is 29.2 Å². The second-order valence-electron chi connectivity index (χ2n) is 3.84. The summed E-state index contributed by atoms with van der Waals surface area (Å²) in [6, 6.07) is 6.19. The Kier molecular flexibility index (Phi) is 4.13. The number of rotatable bonds is 5. The lowest BCUT2D eigenvalue weighted by atomic mass is 10.3. The van der Waals surface area contributed by atoms with Gasteiger partial charge in [0.2, 0.25) is 0 Å². The van der Waals surface area contributed by atoms with Crippen molar-refractivity contribution in [2.24, 2.45) is 0 Å². The van der Waals surface area contributed by atoms with Crippen molar-refractivity contribution in [3.8, 4) is 10.9 Å². The second-order valence-corrected chi connectivity index (χ2v) is 6.88. The molecular weight excluding hydrogens is 286 g/mol. The Morgan fingerprint density at radius 2 is 1.95 bits per heavy atom. The van der Waals surface area contributed by atoms with E-state index in [2.05, 4.69) is 15.5 Å². The maximum Gasteiger partial charge on any atom is 0.299 e. The highest BCUT2D eigenvalue weighted by Crippen LogP contribution is 2.25. The topological polar surface area (TPSA) is 81.2 Å². The molecule has 102 valence electrons. The Morgan fingerprint density at radius 3 is 2.53 bits per heavy atom. The van der Waals surface area contributed by atoms with Crippen LogP contribution in [0.2, 0.25) is 0 Å². The van der Waals surface area contributed by atoms with Gasteiger partial charge in [0.05, 0.1) is 4.90 Å². The van der Waals surface area contributed by atoms with Crippen LogP contribution in [-0.4, -0.2) is 31.9 Å². The molecule has 0 aliphatic heterocycles. The molecule has 19 heavy (non-hydrogen) atoms. The van der Waals surface area contributed by atoms with Crippen LogP contribution in [0.1, 0.15) is 5.01 Å². The van der Waals surface area contributed by atoms with Gasteiger partial charge in [0.1, 0.15) is 10.8 Å². The van der Waals surface area contributed by atoms with Gasteiger partial charge >= 0.3 is 0 Å². The molecule has 0 amide bonds. The number of hydrogen-bond acceptors (Lipinski definition) is 7. The molecule has 1 N–H and O–H groups in total. The van der Waals surface area contributed by atoms with Gasteiger partial charge in [0, 0.05) is 12.8 Å². The van der Waals surface area contributed by atoms with E-state index < -0.39 is 9.84 Å². The standard InChI is InChI=1S/C11H13N3O3S2/c1-12-7-10-13-14-11(18-10)17-8-3-5-9(6-4-8)19(2,15)16/h3-6,12H,7H2,1-2H3. The molecule has 1 aromatic carbocycles. The first-order chi connectivity index (χ1) is 8.99. The van der Waals surface area contributed by atoms with Crippen molar-refractivity contribution in [1.82, 2.24) is 15.5 Å². The third-order valence-corrected chi connectivity index (χ3v) is 4.16. The number of nitrogens with one attached hydrogen (secondary N) is 1. The minimum absolute atomic E-state index is 0.257. The summed E-state index contributed by atoms with van der Waals surface area (Å²) in [5.41, 5.74) is 0. The Hall–Kier alpha value is -1.51. The Labute approximate surface area is 115 Å². The average Bonchev–Trinajstić information content (AvgIpc) is 2.77. The maximum atomic E-state index is 11.3. The van der Waals surface area contributed by atoms with E-state index in [-0.39, 0.29) is 4.90 Å². The van der Waals surface area contributed by atoms with E-state index >= 15 is 0 Å². The fourth-order valence-corrected chi connectivity index (χ4v) is 2.71. The van der Waals surface area contributed by atoms with E-state index in [1.54, 1.807) is 12.1 Å². The van der Waals surface area contributed by atoms with Crippen molar-refractivity contribution >= 4 is 21.2 Å². The molecule has 8 heteroatoms. The van der Waals surface area contributed by atoms with E-state index in [1.165, 1.54) is 23.5 Å². The largest absolute Gasteiger partial charge is 0.430 e. The number of hydrogen-bond donors (Lipinski definition) is 1. The molecule has 0 spiro atoms. The summed E-state index contributed by atoms with van der Waals surface area (Å²) in [6.07, 6.45) is 1.16. The molecular formula is C11H13N3O3S2. The van der Waals surface area contributed by atoms with Gasteiger partial charge in [-0.05, 0) is 31.3 Å². The van der Waals surface area contributed by atoms with Crippen molar-refractivity contribution < 1.29 is 13.2 Å². The van der Waals surface area contributed by atoms with Crippen LogP contribution in [-0.2, 0) is 16.4 Å². The van der Waals surface area contributed by atoms with Crippen LogP contribution in [0, 0.1) is 0 Å². The summed E-state index contributed by atoms with van der Waals surface area (Å²) in [7, 11) is -1.36. The van der Waals surface area contributed by atoms with E-state index in [1.807, 2.05) is 7.05 Å². The molecule has 2 rings (SSSR count). The predicted octanol–water partition coefficient (Wildman–Crippen LogP) is 1.45. The molecule has 0 saturated heterocycles. The zero-order valence-electron chi connectivity index (χ0n) is 10.5. The number of sulfone groups is 1. The second kappa shape index (κ2) is 5.64. The van der Waals surface area contributed by atoms with Crippen molar-refractivity contribution in [1.29, 1.82) is 0 Å². The normalized spacial score (nSPS) is 11.5. The van der Waals surface area contributed by atoms with E-state index in [0.29, 0.717) is 17.5 Å². The first kappa shape index (κ1) is 13.9. The van der Waals surface area contributed by atoms with Gasteiger partial charge < -0.3 is 10.1 Å². The first-order valence-corrected chi connectivity index (χ1v) is 8.15. The molecule has 1 heterocycles. The molecule has 0 bridgehead atoms. The zero-order valence-corrected chi connectivity index (χ0v) is 12.1. The highest BCUT2D eigenvalue weighted by molar-refractivity contribution is 7.90. The third-order valence-electron chi connectivity index (χ3n) is 2.23. The molecule has 2 aromatic rings. The van der Waals surface area contributed by atoms with Gasteiger partial charge in [-0.1, -0.05) is 16.4 Å². The summed E-state index contributed by atoms with van der Waals surface area (Å²) in [4.78, 5) is 0.257. The minimum atomic E-state index is -3.18. The lowest BCUT2D eigenvalue weighted by Gasteiger charge is -2.02. The lowest BCUT2D eigenvalue weighted by Crippen LogP contribution is -2.04. The fourth-order valence-electron chi connectivity index (χ4n) is 1.36. The third kappa shape index (κ3) is 3.72. The first-order valence-electron chi connectivity index (χ1n) is 5.44. The highest BCUT2D eigenvalue weighted by atomic mass is 32.2. The average molecular weight is 299 g/mol. The van der Waals surface area contributed by atoms with Gasteiger partial charge in [-0.3, -0.25) is 0 Å². The number of nitrogens with zero attached hydrogens (tertiary/aromatic N) is 2. The van der Waals surface area contributed by atoms with Crippen LogP contribution in [0.5, 0.6) is 10.9 Å². The zero-order chi connectivity index (χ0) is 13.9. The maximum absolute atomic E-state index is 11.3. The van der Waals surface area contributed by atoms with Gasteiger partial charge in [-0.15, -0.1) is 5.10 Å². The number of benzene rings is 1. The molecule has 0 aliphatic carbocycles. The monoisotopic (exact) mass is 299 g/mol. The fraction of sp³-hybridized carbons (Fsp3) is 0.273. The Balaban J connectivity index is 2.10. The molecule has 0 fully saturated rings. The van der Waals surface area contributed by atoms with Gasteiger partial charge in [-0.25, -0.2) is 8.42 Å². The van der Waals surface area contributed by atoms with E-state index in [4.69, 9.17) is 4.74 Å². The number of aromatic nitrogens is 2. The number of ether oxygens (including phenoxy) is 1. The molecule has 1 aromatic heterocycles. The molecule has 6 nitrogen and oxygen atoms in total. The summed E-state index contributed by atoms with van der Waals surface area (Å²) in [5, 5.41) is 12.1. The van der Waals surface area contributed by atoms with Crippen LogP contribution >= 0.6 is 11.3 Å². The van der Waals surface area contributed by atoms with Gasteiger partial charge in [-0.2, -0.15) is 0 Å². The van der Waals surface area contributed by atoms with Gasteiger partial charge in [0.15, 0.2) is 9.84 Å². The SMILES string of the molecule is CNCc1nnc(Oc2ccc(S(C)(=O)=O)cc2)s1. The smallest absolute Gasteiger partial charge is 0.299 e. The molecule has 0 aliphatic rings. The summed E-state index contributed by atoms with van der Waals surface area (Å²) in [6.45, 7) is 0.633.